The molecule has 0 aromatic heterocycles. The Morgan fingerprint density at radius 3 is 1.88 bits per heavy atom. The van der Waals surface area contributed by atoms with Crippen LogP contribution in [0, 0.1) is 0 Å². The first-order valence-corrected chi connectivity index (χ1v) is 7.46. The molecule has 0 saturated carbocycles. The van der Waals surface area contributed by atoms with Crippen LogP contribution < -0.4 is 11.1 Å². The number of nitrogens with one attached hydrogen (secondary N) is 1. The van der Waals surface area contributed by atoms with E-state index in [-0.39, 0.29) is 11.1 Å². The highest BCUT2D eigenvalue weighted by atomic mass is 16.5. The maximum absolute atomic E-state index is 11.9. The molecular formula is C18H16N2O6. The zero-order chi connectivity index (χ0) is 19.1. The number of methoxy groups -OCH3 is 1. The van der Waals surface area contributed by atoms with E-state index in [1.54, 1.807) is 0 Å². The molecule has 134 valence electrons. The Kier molecular flexibility index (Phi) is 6.05. The number of anilines is 1. The molecule has 0 aliphatic heterocycles. The van der Waals surface area contributed by atoms with Gasteiger partial charge < -0.3 is 20.5 Å². The van der Waals surface area contributed by atoms with Crippen molar-refractivity contribution in [1.82, 2.24) is 0 Å². The molecule has 26 heavy (non-hydrogen) atoms. The molecule has 8 nitrogen and oxygen atoms in total. The molecule has 2 amide bonds. The maximum Gasteiger partial charge on any atom is 0.338 e. The van der Waals surface area contributed by atoms with Crippen molar-refractivity contribution in [3.8, 4) is 0 Å². The summed E-state index contributed by atoms with van der Waals surface area (Å²) in [5, 5.41) is 2.53. The lowest BCUT2D eigenvalue weighted by Crippen LogP contribution is -2.21. The number of rotatable bonds is 6. The van der Waals surface area contributed by atoms with Crippen LogP contribution in [-0.2, 0) is 14.3 Å². The number of primary amides is 1. The van der Waals surface area contributed by atoms with Crippen LogP contribution in [0.3, 0.4) is 0 Å². The zero-order valence-corrected chi connectivity index (χ0v) is 13.9. The van der Waals surface area contributed by atoms with Crippen LogP contribution in [0.25, 0.3) is 0 Å². The summed E-state index contributed by atoms with van der Waals surface area (Å²) < 4.78 is 9.48. The molecule has 0 unspecified atom stereocenters. The van der Waals surface area contributed by atoms with Gasteiger partial charge in [-0.3, -0.25) is 9.59 Å². The average Bonchev–Trinajstić information content (AvgIpc) is 2.66. The van der Waals surface area contributed by atoms with Gasteiger partial charge in [-0.2, -0.15) is 0 Å². The molecule has 0 heterocycles. The van der Waals surface area contributed by atoms with E-state index in [1.807, 2.05) is 0 Å². The Morgan fingerprint density at radius 1 is 0.846 bits per heavy atom. The van der Waals surface area contributed by atoms with Crippen molar-refractivity contribution in [3.05, 3.63) is 65.2 Å². The summed E-state index contributed by atoms with van der Waals surface area (Å²) in [6, 6.07) is 11.6. The fourth-order valence-corrected chi connectivity index (χ4v) is 1.99. The Morgan fingerprint density at radius 2 is 1.35 bits per heavy atom. The molecule has 8 heteroatoms. The van der Waals surface area contributed by atoms with Gasteiger partial charge in [0.1, 0.15) is 0 Å². The summed E-state index contributed by atoms with van der Waals surface area (Å²) in [5.74, 6) is -2.35. The third kappa shape index (κ3) is 4.91. The minimum atomic E-state index is -0.711. The quantitative estimate of drug-likeness (QED) is 0.753. The number of nitrogens with two attached hydrogens (primary N) is 1. The summed E-state index contributed by atoms with van der Waals surface area (Å²) in [7, 11) is 1.27. The van der Waals surface area contributed by atoms with Gasteiger partial charge in [0.15, 0.2) is 6.61 Å². The van der Waals surface area contributed by atoms with E-state index in [1.165, 1.54) is 55.6 Å². The van der Waals surface area contributed by atoms with Gasteiger partial charge in [-0.25, -0.2) is 9.59 Å². The lowest BCUT2D eigenvalue weighted by Gasteiger charge is -2.07. The van der Waals surface area contributed by atoms with E-state index in [0.29, 0.717) is 11.3 Å². The van der Waals surface area contributed by atoms with Crippen LogP contribution in [-0.4, -0.2) is 37.5 Å². The first-order chi connectivity index (χ1) is 12.4. The second kappa shape index (κ2) is 8.43. The largest absolute Gasteiger partial charge is 0.465 e. The lowest BCUT2D eigenvalue weighted by molar-refractivity contribution is -0.119. The smallest absolute Gasteiger partial charge is 0.338 e. The minimum absolute atomic E-state index is 0.185. The summed E-state index contributed by atoms with van der Waals surface area (Å²) in [6.45, 7) is -0.491. The molecule has 2 aromatic rings. The van der Waals surface area contributed by atoms with Gasteiger partial charge in [-0.05, 0) is 48.5 Å². The Bertz CT molecular complexity index is 828. The topological polar surface area (TPSA) is 125 Å². The first-order valence-electron chi connectivity index (χ1n) is 7.46. The van der Waals surface area contributed by atoms with Crippen molar-refractivity contribution in [1.29, 1.82) is 0 Å². The van der Waals surface area contributed by atoms with Crippen LogP contribution in [0.4, 0.5) is 5.69 Å². The van der Waals surface area contributed by atoms with E-state index in [4.69, 9.17) is 10.5 Å². The highest BCUT2D eigenvalue weighted by Gasteiger charge is 2.12. The number of benzene rings is 2. The third-order valence-corrected chi connectivity index (χ3v) is 3.33. The van der Waals surface area contributed by atoms with Gasteiger partial charge in [-0.15, -0.1) is 0 Å². The van der Waals surface area contributed by atoms with Crippen molar-refractivity contribution in [2.75, 3.05) is 19.0 Å². The van der Waals surface area contributed by atoms with E-state index < -0.39 is 30.4 Å². The molecule has 0 spiro atoms. The molecule has 0 radical (unpaired) electrons. The summed E-state index contributed by atoms with van der Waals surface area (Å²) in [6.07, 6.45) is 0. The third-order valence-electron chi connectivity index (χ3n) is 3.33. The second-order valence-electron chi connectivity index (χ2n) is 5.13. The van der Waals surface area contributed by atoms with Crippen molar-refractivity contribution in [2.45, 2.75) is 0 Å². The molecular weight excluding hydrogens is 340 g/mol. The molecule has 0 bridgehead atoms. The SMILES string of the molecule is COC(=O)c1ccc(NC(=O)COC(=O)c2ccc(C(N)=O)cc2)cc1. The molecule has 0 aliphatic carbocycles. The molecule has 3 N–H and O–H groups in total. The van der Waals surface area contributed by atoms with Crippen molar-refractivity contribution in [3.63, 3.8) is 0 Å². The normalized spacial score (nSPS) is 9.88. The lowest BCUT2D eigenvalue weighted by atomic mass is 10.1. The van der Waals surface area contributed by atoms with E-state index in [0.717, 1.165) is 0 Å². The highest BCUT2D eigenvalue weighted by Crippen LogP contribution is 2.11. The summed E-state index contributed by atoms with van der Waals surface area (Å²) >= 11 is 0. The highest BCUT2D eigenvalue weighted by molar-refractivity contribution is 5.97. The number of hydrogen-bond acceptors (Lipinski definition) is 6. The molecule has 0 aliphatic rings. The molecule has 0 atom stereocenters. The number of esters is 2. The number of ether oxygens (including phenoxy) is 2. The summed E-state index contributed by atoms with van der Waals surface area (Å²) in [4.78, 5) is 46.0. The standard InChI is InChI=1S/C18H16N2O6/c1-25-17(23)12-6-8-14(9-7-12)20-15(21)10-26-18(24)13-4-2-11(3-5-13)16(19)22/h2-9H,10H2,1H3,(H2,19,22)(H,20,21). The number of carbonyl (C=O) groups excluding carboxylic acids is 4. The monoisotopic (exact) mass is 356 g/mol. The van der Waals surface area contributed by atoms with E-state index in [2.05, 4.69) is 10.1 Å². The molecule has 2 rings (SSSR count). The molecule has 2 aromatic carbocycles. The Hall–Kier alpha value is -3.68. The van der Waals surface area contributed by atoms with Gasteiger partial charge in [0.2, 0.25) is 5.91 Å². The predicted octanol–water partition coefficient (Wildman–Crippen LogP) is 1.37. The van der Waals surface area contributed by atoms with Crippen LogP contribution >= 0.6 is 0 Å². The van der Waals surface area contributed by atoms with Gasteiger partial charge in [0, 0.05) is 11.3 Å². The predicted molar refractivity (Wildman–Crippen MR) is 91.7 cm³/mol. The van der Waals surface area contributed by atoms with Crippen LogP contribution in [0.1, 0.15) is 31.1 Å². The Labute approximate surface area is 148 Å². The van der Waals surface area contributed by atoms with Crippen LogP contribution in [0.5, 0.6) is 0 Å². The van der Waals surface area contributed by atoms with Gasteiger partial charge in [0.05, 0.1) is 18.2 Å². The van der Waals surface area contributed by atoms with Gasteiger partial charge in [-0.1, -0.05) is 0 Å². The van der Waals surface area contributed by atoms with Gasteiger partial charge in [0.25, 0.3) is 5.91 Å². The number of carbonyl (C=O) groups is 4. The number of amides is 2. The van der Waals surface area contributed by atoms with Crippen molar-refractivity contribution < 1.29 is 28.7 Å². The van der Waals surface area contributed by atoms with Crippen molar-refractivity contribution >= 4 is 29.4 Å². The van der Waals surface area contributed by atoms with Crippen LogP contribution in [0.2, 0.25) is 0 Å². The fourth-order valence-electron chi connectivity index (χ4n) is 1.99. The second-order valence-corrected chi connectivity index (χ2v) is 5.13. The average molecular weight is 356 g/mol. The van der Waals surface area contributed by atoms with Gasteiger partial charge >= 0.3 is 11.9 Å². The molecule has 0 fully saturated rings. The maximum atomic E-state index is 11.9. The van der Waals surface area contributed by atoms with E-state index in [9.17, 15) is 19.2 Å². The number of hydrogen-bond donors (Lipinski definition) is 2. The zero-order valence-electron chi connectivity index (χ0n) is 13.9. The minimum Gasteiger partial charge on any atom is -0.465 e. The fraction of sp³-hybridized carbons (Fsp3) is 0.111. The summed E-state index contributed by atoms with van der Waals surface area (Å²) in [5.41, 5.74) is 6.33. The molecule has 0 saturated heterocycles. The Balaban J connectivity index is 1.87. The van der Waals surface area contributed by atoms with E-state index >= 15 is 0 Å². The first kappa shape index (κ1) is 18.7. The van der Waals surface area contributed by atoms with Crippen molar-refractivity contribution in [2.24, 2.45) is 5.73 Å². The van der Waals surface area contributed by atoms with Crippen LogP contribution in [0.15, 0.2) is 48.5 Å².